The molecule has 0 aliphatic carbocycles. The zero-order chi connectivity index (χ0) is 13.5. The third kappa shape index (κ3) is 1.76. The second kappa shape index (κ2) is 4.42. The zero-order valence-electron chi connectivity index (χ0n) is 10.0. The zero-order valence-corrected chi connectivity index (χ0v) is 10.9. The van der Waals surface area contributed by atoms with E-state index in [1.807, 2.05) is 5.38 Å². The van der Waals surface area contributed by atoms with Gasteiger partial charge in [-0.2, -0.15) is 5.26 Å². The van der Waals surface area contributed by atoms with Gasteiger partial charge in [0, 0.05) is 5.38 Å². The number of anilines is 1. The van der Waals surface area contributed by atoms with Crippen molar-refractivity contribution in [3.63, 3.8) is 0 Å². The summed E-state index contributed by atoms with van der Waals surface area (Å²) in [5.41, 5.74) is 5.44. The molecule has 1 fully saturated rings. The fraction of sp³-hybridized carbons (Fsp3) is 0.417. The maximum absolute atomic E-state index is 9.51. The molecule has 7 heteroatoms. The van der Waals surface area contributed by atoms with Gasteiger partial charge in [-0.1, -0.05) is 0 Å². The molecule has 1 saturated heterocycles. The quantitative estimate of drug-likeness (QED) is 0.852. The van der Waals surface area contributed by atoms with E-state index in [4.69, 9.17) is 10.5 Å². The molecule has 0 saturated carbocycles. The summed E-state index contributed by atoms with van der Waals surface area (Å²) in [6.07, 6.45) is 2.30. The van der Waals surface area contributed by atoms with E-state index in [2.05, 4.69) is 16.0 Å². The summed E-state index contributed by atoms with van der Waals surface area (Å²) >= 11 is 1.40. The number of nitrogens with two attached hydrogens (primary N) is 1. The molecule has 3 N–H and O–H groups in total. The molecule has 2 aromatic heterocycles. The van der Waals surface area contributed by atoms with Gasteiger partial charge in [-0.3, -0.25) is 0 Å². The molecule has 0 bridgehead atoms. The molecule has 98 valence electrons. The number of hydrogen-bond donors (Lipinski definition) is 2. The van der Waals surface area contributed by atoms with Gasteiger partial charge in [-0.05, 0) is 12.8 Å². The van der Waals surface area contributed by atoms with Crippen LogP contribution in [0.1, 0.15) is 17.7 Å². The molecule has 0 aromatic carbocycles. The molecule has 2 atom stereocenters. The number of aliphatic hydroxyl groups excluding tert-OH is 1. The van der Waals surface area contributed by atoms with Gasteiger partial charge in [0.05, 0.1) is 28.5 Å². The lowest BCUT2D eigenvalue weighted by molar-refractivity contribution is -0.0269. The fourth-order valence-electron chi connectivity index (χ4n) is 2.36. The van der Waals surface area contributed by atoms with Crippen LogP contribution in [-0.4, -0.2) is 27.8 Å². The number of nitriles is 1. The molecule has 6 nitrogen and oxygen atoms in total. The monoisotopic (exact) mass is 276 g/mol. The van der Waals surface area contributed by atoms with Crippen LogP contribution in [0.3, 0.4) is 0 Å². The van der Waals surface area contributed by atoms with Gasteiger partial charge in [-0.15, -0.1) is 11.3 Å². The van der Waals surface area contributed by atoms with Crippen molar-refractivity contribution >= 4 is 28.1 Å². The highest BCUT2D eigenvalue weighted by molar-refractivity contribution is 7.11. The number of nitrogen functional groups attached to an aromatic ring is 1. The molecule has 0 spiro atoms. The molecule has 0 radical (unpaired) electrons. The third-order valence-electron chi connectivity index (χ3n) is 3.36. The largest absolute Gasteiger partial charge is 0.394 e. The van der Waals surface area contributed by atoms with Crippen LogP contribution in [0.15, 0.2) is 11.7 Å². The SMILES string of the molecule is N#C[C@]1(c2scc3c(N)ncnc23)CC[C@@H](CO)O1. The summed E-state index contributed by atoms with van der Waals surface area (Å²) in [6.45, 7) is -0.0795. The molecule has 2 aromatic rings. The molecule has 1 aliphatic heterocycles. The highest BCUT2D eigenvalue weighted by Gasteiger charge is 2.44. The van der Waals surface area contributed by atoms with Gasteiger partial charge in [0.1, 0.15) is 18.2 Å². The Labute approximate surface area is 113 Å². The van der Waals surface area contributed by atoms with Crippen LogP contribution < -0.4 is 5.73 Å². The number of fused-ring (bicyclic) bond motifs is 1. The Bertz CT molecular complexity index is 665. The number of aromatic nitrogens is 2. The van der Waals surface area contributed by atoms with Crippen molar-refractivity contribution in [2.75, 3.05) is 12.3 Å². The first-order chi connectivity index (χ1) is 9.20. The summed E-state index contributed by atoms with van der Waals surface area (Å²) in [6, 6.07) is 2.23. The van der Waals surface area contributed by atoms with Gasteiger partial charge >= 0.3 is 0 Å². The van der Waals surface area contributed by atoms with Crippen LogP contribution in [0.2, 0.25) is 0 Å². The second-order valence-electron chi connectivity index (χ2n) is 4.49. The summed E-state index contributed by atoms with van der Waals surface area (Å²) in [5.74, 6) is 0.400. The summed E-state index contributed by atoms with van der Waals surface area (Å²) in [4.78, 5) is 8.90. The van der Waals surface area contributed by atoms with Crippen molar-refractivity contribution in [2.45, 2.75) is 24.5 Å². The Morgan fingerprint density at radius 2 is 2.47 bits per heavy atom. The van der Waals surface area contributed by atoms with Crippen molar-refractivity contribution in [3.8, 4) is 6.07 Å². The molecular formula is C12H12N4O2S. The first-order valence-corrected chi connectivity index (χ1v) is 6.76. The number of thiophene rings is 1. The van der Waals surface area contributed by atoms with Crippen LogP contribution in [0.4, 0.5) is 5.82 Å². The van der Waals surface area contributed by atoms with Crippen LogP contribution in [-0.2, 0) is 10.3 Å². The summed E-state index contributed by atoms with van der Waals surface area (Å²) in [7, 11) is 0. The topological polar surface area (TPSA) is 105 Å². The van der Waals surface area contributed by atoms with Gasteiger partial charge in [0.25, 0.3) is 0 Å². The first-order valence-electron chi connectivity index (χ1n) is 5.88. The minimum absolute atomic E-state index is 0.0795. The number of ether oxygens (including phenoxy) is 1. The summed E-state index contributed by atoms with van der Waals surface area (Å²) < 4.78 is 5.74. The minimum Gasteiger partial charge on any atom is -0.394 e. The van der Waals surface area contributed by atoms with Crippen molar-refractivity contribution in [2.24, 2.45) is 0 Å². The van der Waals surface area contributed by atoms with Crippen LogP contribution >= 0.6 is 11.3 Å². The van der Waals surface area contributed by atoms with E-state index >= 15 is 0 Å². The average molecular weight is 276 g/mol. The van der Waals surface area contributed by atoms with Gasteiger partial charge in [0.2, 0.25) is 0 Å². The molecule has 3 heterocycles. The predicted octanol–water partition coefficient (Wildman–Crippen LogP) is 1.16. The van der Waals surface area contributed by atoms with Crippen molar-refractivity contribution in [1.82, 2.24) is 9.97 Å². The lowest BCUT2D eigenvalue weighted by atomic mass is 9.98. The maximum Gasteiger partial charge on any atom is 0.191 e. The number of rotatable bonds is 2. The Balaban J connectivity index is 2.14. The molecule has 3 rings (SSSR count). The Morgan fingerprint density at radius 1 is 1.63 bits per heavy atom. The van der Waals surface area contributed by atoms with E-state index in [0.29, 0.717) is 24.2 Å². The fourth-order valence-corrected chi connectivity index (χ4v) is 3.49. The Kier molecular flexibility index (Phi) is 2.86. The van der Waals surface area contributed by atoms with Gasteiger partial charge < -0.3 is 15.6 Å². The van der Waals surface area contributed by atoms with Gasteiger partial charge in [-0.25, -0.2) is 9.97 Å². The van der Waals surface area contributed by atoms with Crippen molar-refractivity contribution < 1.29 is 9.84 Å². The van der Waals surface area contributed by atoms with E-state index < -0.39 is 5.60 Å². The molecule has 1 aliphatic rings. The van der Waals surface area contributed by atoms with E-state index in [1.165, 1.54) is 17.7 Å². The van der Waals surface area contributed by atoms with Crippen LogP contribution in [0.25, 0.3) is 10.9 Å². The van der Waals surface area contributed by atoms with E-state index in [-0.39, 0.29) is 12.7 Å². The normalized spacial score (nSPS) is 26.6. The average Bonchev–Trinajstić information content (AvgIpc) is 3.03. The molecular weight excluding hydrogens is 264 g/mol. The Hall–Kier alpha value is -1.75. The molecule has 19 heavy (non-hydrogen) atoms. The van der Waals surface area contributed by atoms with Crippen LogP contribution in [0, 0.1) is 11.3 Å². The smallest absolute Gasteiger partial charge is 0.191 e. The number of hydrogen-bond acceptors (Lipinski definition) is 7. The summed E-state index contributed by atoms with van der Waals surface area (Å²) in [5, 5.41) is 21.3. The number of aliphatic hydroxyl groups is 1. The highest BCUT2D eigenvalue weighted by atomic mass is 32.1. The predicted molar refractivity (Wildman–Crippen MR) is 70.3 cm³/mol. The highest BCUT2D eigenvalue weighted by Crippen LogP contribution is 2.44. The van der Waals surface area contributed by atoms with Crippen LogP contribution in [0.5, 0.6) is 0 Å². The minimum atomic E-state index is -1.03. The van der Waals surface area contributed by atoms with Gasteiger partial charge in [0.15, 0.2) is 5.60 Å². The van der Waals surface area contributed by atoms with Crippen molar-refractivity contribution in [1.29, 1.82) is 5.26 Å². The molecule has 0 amide bonds. The number of nitrogens with zero attached hydrogens (tertiary/aromatic N) is 3. The third-order valence-corrected chi connectivity index (χ3v) is 4.47. The van der Waals surface area contributed by atoms with E-state index in [1.54, 1.807) is 0 Å². The van der Waals surface area contributed by atoms with E-state index in [9.17, 15) is 10.4 Å². The standard InChI is InChI=1S/C12H12N4O2S/c13-5-12(2-1-7(3-17)18-12)10-9-8(4-19-10)11(14)16-6-15-9/h4,6-7,17H,1-3H2,(H2,14,15,16)/t7-,12-/m0/s1. The Morgan fingerprint density at radius 3 is 3.16 bits per heavy atom. The van der Waals surface area contributed by atoms with E-state index in [0.717, 1.165) is 10.3 Å². The lowest BCUT2D eigenvalue weighted by Crippen LogP contribution is -2.25. The second-order valence-corrected chi connectivity index (χ2v) is 5.37. The molecule has 0 unspecified atom stereocenters. The van der Waals surface area contributed by atoms with Crippen molar-refractivity contribution in [3.05, 3.63) is 16.6 Å². The first kappa shape index (κ1) is 12.3. The lowest BCUT2D eigenvalue weighted by Gasteiger charge is -2.20. The maximum atomic E-state index is 9.51.